The van der Waals surface area contributed by atoms with Crippen molar-refractivity contribution in [3.63, 3.8) is 0 Å². The van der Waals surface area contributed by atoms with Crippen molar-refractivity contribution < 1.29 is 19.0 Å². The van der Waals surface area contributed by atoms with Crippen LogP contribution in [0.4, 0.5) is 0 Å². The van der Waals surface area contributed by atoms with Crippen LogP contribution in [0, 0.1) is 0 Å². The van der Waals surface area contributed by atoms with Gasteiger partial charge in [0, 0.05) is 7.05 Å². The molecule has 4 aromatic rings. The van der Waals surface area contributed by atoms with Gasteiger partial charge in [0.1, 0.15) is 6.61 Å². The molecule has 33 heavy (non-hydrogen) atoms. The molecule has 1 aromatic heterocycles. The van der Waals surface area contributed by atoms with Crippen LogP contribution in [-0.4, -0.2) is 21.9 Å². The summed E-state index contributed by atoms with van der Waals surface area (Å²) in [5.41, 5.74) is 1.38. The van der Waals surface area contributed by atoms with Crippen molar-refractivity contribution in [2.24, 2.45) is 7.05 Å². The van der Waals surface area contributed by atoms with Crippen molar-refractivity contribution >= 4 is 16.9 Å². The highest BCUT2D eigenvalue weighted by atomic mass is 16.7. The Bertz CT molecular complexity index is 1490. The molecule has 8 heteroatoms. The molecule has 0 amide bonds. The number of hydrogen-bond donors (Lipinski definition) is 0. The summed E-state index contributed by atoms with van der Waals surface area (Å²) in [5.74, 6) is 0.684. The second-order valence-corrected chi connectivity index (χ2v) is 7.71. The predicted molar refractivity (Wildman–Crippen MR) is 121 cm³/mol. The number of benzene rings is 3. The van der Waals surface area contributed by atoms with Gasteiger partial charge >= 0.3 is 11.7 Å². The van der Waals surface area contributed by atoms with Gasteiger partial charge in [0.05, 0.1) is 23.0 Å². The fraction of sp³-hybridized carbons (Fsp3) is 0.160. The monoisotopic (exact) mass is 444 g/mol. The number of fused-ring (bicyclic) bond motifs is 2. The molecular formula is C25H20N2O6. The molecule has 0 unspecified atom stereocenters. The van der Waals surface area contributed by atoms with Crippen molar-refractivity contribution in [2.75, 3.05) is 6.79 Å². The summed E-state index contributed by atoms with van der Waals surface area (Å²) in [6.45, 7) is 0.347. The Kier molecular flexibility index (Phi) is 5.18. The molecule has 0 bridgehead atoms. The maximum Gasteiger partial charge on any atom is 0.338 e. The van der Waals surface area contributed by atoms with E-state index in [2.05, 4.69) is 0 Å². The number of rotatable bonds is 5. The number of hydrogen-bond acceptors (Lipinski definition) is 6. The van der Waals surface area contributed by atoms with Crippen LogP contribution in [0.5, 0.6) is 11.5 Å². The summed E-state index contributed by atoms with van der Waals surface area (Å²) < 4.78 is 18.6. The lowest BCUT2D eigenvalue weighted by Gasteiger charge is -2.12. The van der Waals surface area contributed by atoms with Gasteiger partial charge in [-0.05, 0) is 41.5 Å². The lowest BCUT2D eigenvalue weighted by Crippen LogP contribution is -2.39. The Morgan fingerprint density at radius 1 is 0.939 bits per heavy atom. The van der Waals surface area contributed by atoms with E-state index in [1.165, 1.54) is 15.2 Å². The highest BCUT2D eigenvalue weighted by Gasteiger charge is 2.17. The maximum absolute atomic E-state index is 13.1. The van der Waals surface area contributed by atoms with Gasteiger partial charge in [0.25, 0.3) is 5.56 Å². The predicted octanol–water partition coefficient (Wildman–Crippen LogP) is 2.83. The lowest BCUT2D eigenvalue weighted by atomic mass is 10.1. The summed E-state index contributed by atoms with van der Waals surface area (Å²) in [6.07, 6.45) is 0. The third-order valence-corrected chi connectivity index (χ3v) is 5.58. The number of nitrogens with zero attached hydrogens (tertiary/aromatic N) is 2. The van der Waals surface area contributed by atoms with E-state index in [1.54, 1.807) is 37.4 Å². The Balaban J connectivity index is 1.43. The molecule has 0 N–H and O–H groups in total. The molecule has 166 valence electrons. The van der Waals surface area contributed by atoms with Gasteiger partial charge in [0.2, 0.25) is 6.79 Å². The van der Waals surface area contributed by atoms with Crippen molar-refractivity contribution in [3.05, 3.63) is 104 Å². The molecule has 0 radical (unpaired) electrons. The van der Waals surface area contributed by atoms with Gasteiger partial charge in [-0.1, -0.05) is 36.4 Å². The molecule has 2 heterocycles. The SMILES string of the molecule is Cn1c(=O)n(Cc2ccccc2)c(=O)c2cc(C(=O)OCc3ccc4c(c3)OCO4)ccc21. The first-order valence-electron chi connectivity index (χ1n) is 10.3. The summed E-state index contributed by atoms with van der Waals surface area (Å²) in [7, 11) is 1.60. The van der Waals surface area contributed by atoms with Crippen LogP contribution in [0.25, 0.3) is 10.9 Å². The standard InChI is InChI=1S/C25H20N2O6/c1-26-20-9-8-18(24(29)31-14-17-7-10-21-22(11-17)33-15-32-21)12-19(20)23(28)27(25(26)30)13-16-5-3-2-4-6-16/h2-12H,13-15H2,1H3. The zero-order valence-electron chi connectivity index (χ0n) is 17.8. The minimum atomic E-state index is -0.572. The number of aryl methyl sites for hydroxylation is 1. The number of esters is 1. The molecule has 0 spiro atoms. The second kappa shape index (κ2) is 8.31. The highest BCUT2D eigenvalue weighted by molar-refractivity contribution is 5.94. The fourth-order valence-corrected chi connectivity index (χ4v) is 3.81. The Labute approximate surface area is 188 Å². The van der Waals surface area contributed by atoms with Crippen molar-refractivity contribution in [2.45, 2.75) is 13.2 Å². The van der Waals surface area contributed by atoms with Crippen LogP contribution in [0.1, 0.15) is 21.5 Å². The molecule has 5 rings (SSSR count). The summed E-state index contributed by atoms with van der Waals surface area (Å²) >= 11 is 0. The van der Waals surface area contributed by atoms with E-state index in [0.717, 1.165) is 11.1 Å². The quantitative estimate of drug-likeness (QED) is 0.440. The highest BCUT2D eigenvalue weighted by Crippen LogP contribution is 2.32. The van der Waals surface area contributed by atoms with E-state index < -0.39 is 17.2 Å². The Morgan fingerprint density at radius 3 is 2.55 bits per heavy atom. The molecule has 0 saturated heterocycles. The molecule has 0 fully saturated rings. The zero-order chi connectivity index (χ0) is 22.9. The number of aromatic nitrogens is 2. The summed E-state index contributed by atoms with van der Waals surface area (Å²) in [4.78, 5) is 38.6. The Hall–Kier alpha value is -4.33. The van der Waals surface area contributed by atoms with Crippen molar-refractivity contribution in [1.82, 2.24) is 9.13 Å². The number of carbonyl (C=O) groups is 1. The fourth-order valence-electron chi connectivity index (χ4n) is 3.81. The molecule has 0 atom stereocenters. The first-order valence-corrected chi connectivity index (χ1v) is 10.3. The van der Waals surface area contributed by atoms with Crippen LogP contribution in [0.3, 0.4) is 0 Å². The third kappa shape index (κ3) is 3.87. The van der Waals surface area contributed by atoms with Crippen LogP contribution in [0.15, 0.2) is 76.3 Å². The van der Waals surface area contributed by atoms with E-state index in [4.69, 9.17) is 14.2 Å². The van der Waals surface area contributed by atoms with Gasteiger partial charge in [-0.15, -0.1) is 0 Å². The van der Waals surface area contributed by atoms with Crippen LogP contribution in [0.2, 0.25) is 0 Å². The maximum atomic E-state index is 13.1. The molecule has 1 aliphatic heterocycles. The molecule has 8 nitrogen and oxygen atoms in total. The average molecular weight is 444 g/mol. The molecular weight excluding hydrogens is 424 g/mol. The van der Waals surface area contributed by atoms with Gasteiger partial charge in [-0.2, -0.15) is 0 Å². The largest absolute Gasteiger partial charge is 0.457 e. The van der Waals surface area contributed by atoms with Crippen LogP contribution >= 0.6 is 0 Å². The molecule has 3 aromatic carbocycles. The van der Waals surface area contributed by atoms with Crippen molar-refractivity contribution in [1.29, 1.82) is 0 Å². The van der Waals surface area contributed by atoms with Gasteiger partial charge in [-0.3, -0.25) is 13.9 Å². The average Bonchev–Trinajstić information content (AvgIpc) is 3.32. The minimum absolute atomic E-state index is 0.0407. The molecule has 0 aliphatic carbocycles. The lowest BCUT2D eigenvalue weighted by molar-refractivity contribution is 0.0472. The van der Waals surface area contributed by atoms with E-state index in [1.807, 2.05) is 30.3 Å². The van der Waals surface area contributed by atoms with Gasteiger partial charge in [-0.25, -0.2) is 9.59 Å². The van der Waals surface area contributed by atoms with E-state index in [0.29, 0.717) is 17.0 Å². The topological polar surface area (TPSA) is 88.8 Å². The number of carbonyl (C=O) groups excluding carboxylic acids is 1. The summed E-state index contributed by atoms with van der Waals surface area (Å²) in [5, 5.41) is 0.269. The Morgan fingerprint density at radius 2 is 1.73 bits per heavy atom. The van der Waals surface area contributed by atoms with E-state index in [-0.39, 0.29) is 30.9 Å². The normalized spacial score (nSPS) is 12.2. The van der Waals surface area contributed by atoms with Crippen LogP contribution < -0.4 is 20.7 Å². The first-order chi connectivity index (χ1) is 16.0. The van der Waals surface area contributed by atoms with E-state index >= 15 is 0 Å². The number of ether oxygens (including phenoxy) is 3. The molecule has 1 aliphatic rings. The zero-order valence-corrected chi connectivity index (χ0v) is 17.8. The molecule has 0 saturated carbocycles. The van der Waals surface area contributed by atoms with Gasteiger partial charge < -0.3 is 14.2 Å². The smallest absolute Gasteiger partial charge is 0.338 e. The van der Waals surface area contributed by atoms with Gasteiger partial charge in [0.15, 0.2) is 11.5 Å². The second-order valence-electron chi connectivity index (χ2n) is 7.71. The first kappa shape index (κ1) is 20.6. The van der Waals surface area contributed by atoms with Crippen molar-refractivity contribution in [3.8, 4) is 11.5 Å². The van der Waals surface area contributed by atoms with Crippen LogP contribution in [-0.2, 0) is 24.9 Å². The van der Waals surface area contributed by atoms with E-state index in [9.17, 15) is 14.4 Å². The minimum Gasteiger partial charge on any atom is -0.457 e. The third-order valence-electron chi connectivity index (χ3n) is 5.58. The summed E-state index contributed by atoms with van der Waals surface area (Å²) in [6, 6.07) is 19.2.